The molecule has 0 aliphatic carbocycles. The zero-order valence-corrected chi connectivity index (χ0v) is 14.0. The molecule has 0 spiro atoms. The van der Waals surface area contributed by atoms with E-state index in [9.17, 15) is 4.79 Å². The van der Waals surface area contributed by atoms with Crippen molar-refractivity contribution in [2.24, 2.45) is 7.05 Å². The summed E-state index contributed by atoms with van der Waals surface area (Å²) < 4.78 is 1.84. The van der Waals surface area contributed by atoms with Crippen LogP contribution in [-0.4, -0.2) is 22.2 Å². The molecule has 0 bridgehead atoms. The van der Waals surface area contributed by atoms with E-state index in [4.69, 9.17) is 0 Å². The van der Waals surface area contributed by atoms with Crippen molar-refractivity contribution >= 4 is 17.3 Å². The van der Waals surface area contributed by atoms with Crippen LogP contribution in [0, 0.1) is 0 Å². The van der Waals surface area contributed by atoms with Gasteiger partial charge in [0, 0.05) is 37.9 Å². The number of anilines is 2. The average molecular weight is 312 g/mol. The van der Waals surface area contributed by atoms with Gasteiger partial charge < -0.3 is 10.2 Å². The molecule has 23 heavy (non-hydrogen) atoms. The van der Waals surface area contributed by atoms with Crippen LogP contribution in [0.4, 0.5) is 11.4 Å². The van der Waals surface area contributed by atoms with Crippen LogP contribution < -0.4 is 10.2 Å². The molecular formula is C18H24N4O. The third-order valence-electron chi connectivity index (χ3n) is 4.37. The van der Waals surface area contributed by atoms with E-state index < -0.39 is 0 Å². The second-order valence-corrected chi connectivity index (χ2v) is 6.13. The molecular weight excluding hydrogens is 288 g/mol. The first kappa shape index (κ1) is 15.6. The molecule has 5 heteroatoms. The Morgan fingerprint density at radius 3 is 2.91 bits per heavy atom. The fourth-order valence-electron chi connectivity index (χ4n) is 3.12. The molecule has 1 aromatic carbocycles. The Morgan fingerprint density at radius 1 is 1.39 bits per heavy atom. The molecule has 2 heterocycles. The molecule has 0 saturated carbocycles. The van der Waals surface area contributed by atoms with E-state index >= 15 is 0 Å². The van der Waals surface area contributed by atoms with Gasteiger partial charge in [0.2, 0.25) is 5.91 Å². The van der Waals surface area contributed by atoms with E-state index in [1.807, 2.05) is 35.0 Å². The zero-order chi connectivity index (χ0) is 16.4. The Hall–Kier alpha value is -2.30. The van der Waals surface area contributed by atoms with Crippen LogP contribution in [0.25, 0.3) is 0 Å². The molecule has 1 aliphatic rings. The molecule has 1 unspecified atom stereocenters. The zero-order valence-electron chi connectivity index (χ0n) is 14.0. The van der Waals surface area contributed by atoms with Crippen molar-refractivity contribution < 1.29 is 4.79 Å². The van der Waals surface area contributed by atoms with E-state index in [0.717, 1.165) is 36.5 Å². The number of benzene rings is 1. The van der Waals surface area contributed by atoms with Crippen molar-refractivity contribution in [1.29, 1.82) is 0 Å². The quantitative estimate of drug-likeness (QED) is 0.922. The summed E-state index contributed by atoms with van der Waals surface area (Å²) in [5.41, 5.74) is 4.32. The van der Waals surface area contributed by atoms with Gasteiger partial charge in [-0.2, -0.15) is 5.10 Å². The molecule has 1 fully saturated rings. The Bertz CT molecular complexity index is 707. The van der Waals surface area contributed by atoms with Crippen molar-refractivity contribution in [2.45, 2.75) is 39.2 Å². The highest BCUT2D eigenvalue weighted by Gasteiger charge is 2.22. The van der Waals surface area contributed by atoms with Crippen molar-refractivity contribution in [3.8, 4) is 0 Å². The maximum absolute atomic E-state index is 11.9. The van der Waals surface area contributed by atoms with Crippen molar-refractivity contribution in [3.05, 3.63) is 41.7 Å². The maximum atomic E-state index is 11.9. The van der Waals surface area contributed by atoms with Gasteiger partial charge in [0.05, 0.1) is 11.4 Å². The fourth-order valence-corrected chi connectivity index (χ4v) is 3.12. The smallest absolute Gasteiger partial charge is 0.227 e. The molecule has 5 nitrogen and oxygen atoms in total. The largest absolute Gasteiger partial charge is 0.376 e. The number of nitrogens with zero attached hydrogens (tertiary/aromatic N) is 3. The number of carbonyl (C=O) groups excluding carboxylic acids is 1. The minimum absolute atomic E-state index is 0.155. The minimum atomic E-state index is 0.155. The molecule has 1 amide bonds. The molecule has 1 saturated heterocycles. The molecule has 2 aromatic rings. The minimum Gasteiger partial charge on any atom is -0.376 e. The van der Waals surface area contributed by atoms with Crippen LogP contribution in [0.2, 0.25) is 0 Å². The first-order valence-electron chi connectivity index (χ1n) is 8.28. The lowest BCUT2D eigenvalue weighted by molar-refractivity contribution is -0.117. The van der Waals surface area contributed by atoms with E-state index in [2.05, 4.69) is 36.4 Å². The lowest BCUT2D eigenvalue weighted by atomic mass is 10.1. The Kier molecular flexibility index (Phi) is 4.37. The standard InChI is InChI=1S/C18H24N4O/c1-4-16-17(12-21(3)20-16)19-13(2)14-7-5-8-15(11-14)22-10-6-9-18(22)23/h5,7-8,11-13,19H,4,6,9-10H2,1-3H3. The summed E-state index contributed by atoms with van der Waals surface area (Å²) in [4.78, 5) is 13.8. The van der Waals surface area contributed by atoms with Gasteiger partial charge in [-0.3, -0.25) is 9.48 Å². The normalized spacial score (nSPS) is 16.0. The summed E-state index contributed by atoms with van der Waals surface area (Å²) in [7, 11) is 1.94. The highest BCUT2D eigenvalue weighted by Crippen LogP contribution is 2.27. The second kappa shape index (κ2) is 6.44. The Balaban J connectivity index is 1.79. The van der Waals surface area contributed by atoms with Gasteiger partial charge >= 0.3 is 0 Å². The van der Waals surface area contributed by atoms with Crippen LogP contribution in [0.5, 0.6) is 0 Å². The topological polar surface area (TPSA) is 50.2 Å². The van der Waals surface area contributed by atoms with E-state index in [-0.39, 0.29) is 11.9 Å². The SMILES string of the molecule is CCc1nn(C)cc1NC(C)c1cccc(N2CCCC2=O)c1. The molecule has 1 aromatic heterocycles. The molecule has 1 N–H and O–H groups in total. The van der Waals surface area contributed by atoms with Crippen molar-refractivity contribution in [2.75, 3.05) is 16.8 Å². The lowest BCUT2D eigenvalue weighted by Gasteiger charge is -2.20. The van der Waals surface area contributed by atoms with Crippen molar-refractivity contribution in [1.82, 2.24) is 9.78 Å². The summed E-state index contributed by atoms with van der Waals surface area (Å²) in [6.45, 7) is 5.07. The average Bonchev–Trinajstić information content (AvgIpc) is 3.12. The van der Waals surface area contributed by atoms with Gasteiger partial charge in [0.15, 0.2) is 0 Å². The van der Waals surface area contributed by atoms with Gasteiger partial charge in [-0.05, 0) is 37.5 Å². The predicted molar refractivity (Wildman–Crippen MR) is 92.7 cm³/mol. The van der Waals surface area contributed by atoms with Gasteiger partial charge in [-0.1, -0.05) is 19.1 Å². The van der Waals surface area contributed by atoms with Crippen LogP contribution in [0.15, 0.2) is 30.5 Å². The van der Waals surface area contributed by atoms with Gasteiger partial charge in [-0.25, -0.2) is 0 Å². The molecule has 0 radical (unpaired) electrons. The highest BCUT2D eigenvalue weighted by atomic mass is 16.2. The maximum Gasteiger partial charge on any atom is 0.227 e. The summed E-state index contributed by atoms with van der Waals surface area (Å²) in [6, 6.07) is 8.41. The molecule has 1 aliphatic heterocycles. The van der Waals surface area contributed by atoms with Crippen LogP contribution in [0.1, 0.15) is 44.0 Å². The number of aryl methyl sites for hydroxylation is 2. The van der Waals surface area contributed by atoms with E-state index in [0.29, 0.717) is 6.42 Å². The van der Waals surface area contributed by atoms with E-state index in [1.165, 1.54) is 5.56 Å². The summed E-state index contributed by atoms with van der Waals surface area (Å²) >= 11 is 0. The Labute approximate surface area is 137 Å². The predicted octanol–water partition coefficient (Wildman–Crippen LogP) is 3.28. The third-order valence-corrected chi connectivity index (χ3v) is 4.37. The number of amides is 1. The number of rotatable bonds is 5. The van der Waals surface area contributed by atoms with E-state index in [1.54, 1.807) is 0 Å². The van der Waals surface area contributed by atoms with Crippen LogP contribution in [-0.2, 0) is 18.3 Å². The van der Waals surface area contributed by atoms with Gasteiger partial charge in [-0.15, -0.1) is 0 Å². The van der Waals surface area contributed by atoms with Gasteiger partial charge in [0.1, 0.15) is 0 Å². The highest BCUT2D eigenvalue weighted by molar-refractivity contribution is 5.95. The van der Waals surface area contributed by atoms with Crippen LogP contribution >= 0.6 is 0 Å². The third kappa shape index (κ3) is 3.23. The first-order chi connectivity index (χ1) is 11.1. The number of carbonyl (C=O) groups is 1. The summed E-state index contributed by atoms with van der Waals surface area (Å²) in [6.07, 6.45) is 4.53. The number of hydrogen-bond donors (Lipinski definition) is 1. The van der Waals surface area contributed by atoms with Gasteiger partial charge in [0.25, 0.3) is 0 Å². The molecule has 122 valence electrons. The second-order valence-electron chi connectivity index (χ2n) is 6.13. The first-order valence-corrected chi connectivity index (χ1v) is 8.28. The lowest BCUT2D eigenvalue weighted by Crippen LogP contribution is -2.23. The summed E-state index contributed by atoms with van der Waals surface area (Å²) in [5, 5.41) is 8.01. The molecule has 1 atom stereocenters. The monoisotopic (exact) mass is 312 g/mol. The van der Waals surface area contributed by atoms with Crippen LogP contribution in [0.3, 0.4) is 0 Å². The Morgan fingerprint density at radius 2 is 2.22 bits per heavy atom. The number of nitrogens with one attached hydrogen (secondary N) is 1. The molecule has 3 rings (SSSR count). The van der Waals surface area contributed by atoms with Crippen molar-refractivity contribution in [3.63, 3.8) is 0 Å². The number of hydrogen-bond acceptors (Lipinski definition) is 3. The fraction of sp³-hybridized carbons (Fsp3) is 0.444. The summed E-state index contributed by atoms with van der Waals surface area (Å²) in [5.74, 6) is 0.225. The number of aromatic nitrogens is 2.